The molecule has 0 bridgehead atoms. The van der Waals surface area contributed by atoms with Gasteiger partial charge in [0.15, 0.2) is 11.0 Å². The third-order valence-corrected chi connectivity index (χ3v) is 6.99. The van der Waals surface area contributed by atoms with Gasteiger partial charge in [-0.05, 0) is 30.2 Å². The predicted octanol–water partition coefficient (Wildman–Crippen LogP) is 4.60. The maximum atomic E-state index is 12.5. The van der Waals surface area contributed by atoms with Gasteiger partial charge in [0, 0.05) is 24.6 Å². The molecule has 0 atom stereocenters. The number of carbonyl (C=O) groups excluding carboxylic acids is 2. The number of thioether (sulfide) groups is 1. The van der Waals surface area contributed by atoms with Gasteiger partial charge < -0.3 is 0 Å². The van der Waals surface area contributed by atoms with Gasteiger partial charge in [-0.2, -0.15) is 0 Å². The number of likely N-dealkylation sites (tertiary alicyclic amines) is 1. The lowest BCUT2D eigenvalue weighted by Gasteiger charge is -2.20. The number of imide groups is 1. The fourth-order valence-electron chi connectivity index (χ4n) is 4.30. The molecule has 1 aliphatic carbocycles. The Bertz CT molecular complexity index is 924. The van der Waals surface area contributed by atoms with E-state index in [1.165, 1.54) is 35.1 Å². The zero-order valence-electron chi connectivity index (χ0n) is 18.1. The summed E-state index contributed by atoms with van der Waals surface area (Å²) in [5, 5.41) is 9.73. The van der Waals surface area contributed by atoms with Crippen LogP contribution in [0.2, 0.25) is 0 Å². The summed E-state index contributed by atoms with van der Waals surface area (Å²) in [7, 11) is 0. The Labute approximate surface area is 182 Å². The molecule has 1 aliphatic heterocycles. The Hall–Kier alpha value is -2.15. The summed E-state index contributed by atoms with van der Waals surface area (Å²) in [5.74, 6) is 0.908. The van der Waals surface area contributed by atoms with Crippen LogP contribution >= 0.6 is 11.8 Å². The van der Waals surface area contributed by atoms with E-state index in [0.29, 0.717) is 19.0 Å². The average Bonchev–Trinajstić information content (AvgIpc) is 3.45. The first kappa shape index (κ1) is 21.1. The highest BCUT2D eigenvalue weighted by molar-refractivity contribution is 7.99. The van der Waals surface area contributed by atoms with E-state index < -0.39 is 0 Å². The van der Waals surface area contributed by atoms with E-state index >= 15 is 0 Å². The van der Waals surface area contributed by atoms with Crippen LogP contribution in [0.5, 0.6) is 0 Å². The van der Waals surface area contributed by atoms with Crippen LogP contribution in [0.25, 0.3) is 11.4 Å². The normalized spacial score (nSPS) is 17.8. The molecule has 0 radical (unpaired) electrons. The van der Waals surface area contributed by atoms with Crippen LogP contribution in [0, 0.1) is 0 Å². The highest BCUT2D eigenvalue weighted by Gasteiger charge is 2.29. The smallest absolute Gasteiger partial charge is 0.239 e. The highest BCUT2D eigenvalue weighted by atomic mass is 32.2. The number of amides is 2. The molecule has 2 fully saturated rings. The number of rotatable bonds is 5. The lowest BCUT2D eigenvalue weighted by molar-refractivity contribution is -0.140. The van der Waals surface area contributed by atoms with Crippen molar-refractivity contribution in [2.24, 2.45) is 0 Å². The van der Waals surface area contributed by atoms with Gasteiger partial charge in [-0.25, -0.2) is 0 Å². The molecule has 1 saturated carbocycles. The average molecular weight is 427 g/mol. The van der Waals surface area contributed by atoms with Gasteiger partial charge in [-0.15, -0.1) is 10.2 Å². The molecule has 0 unspecified atom stereocenters. The molecule has 2 amide bonds. The van der Waals surface area contributed by atoms with Gasteiger partial charge in [0.2, 0.25) is 11.8 Å². The highest BCUT2D eigenvalue weighted by Crippen LogP contribution is 2.37. The summed E-state index contributed by atoms with van der Waals surface area (Å²) in [6.07, 6.45) is 5.87. The van der Waals surface area contributed by atoms with Gasteiger partial charge in [-0.1, -0.05) is 69.6 Å². The first-order valence-corrected chi connectivity index (χ1v) is 11.8. The molecule has 30 heavy (non-hydrogen) atoms. The third-order valence-electron chi connectivity index (χ3n) is 6.06. The number of carbonyl (C=O) groups is 2. The third kappa shape index (κ3) is 4.31. The molecule has 0 N–H and O–H groups in total. The second-order valence-electron chi connectivity index (χ2n) is 9.27. The first-order chi connectivity index (χ1) is 14.3. The van der Waals surface area contributed by atoms with E-state index in [0.717, 1.165) is 35.8 Å². The van der Waals surface area contributed by atoms with Gasteiger partial charge in [0.1, 0.15) is 0 Å². The van der Waals surface area contributed by atoms with Crippen LogP contribution in [0.1, 0.15) is 70.9 Å². The van der Waals surface area contributed by atoms with Crippen molar-refractivity contribution in [2.45, 2.75) is 75.9 Å². The molecule has 2 heterocycles. The van der Waals surface area contributed by atoms with E-state index in [-0.39, 0.29) is 23.0 Å². The lowest BCUT2D eigenvalue weighted by Crippen LogP contribution is -2.33. The zero-order valence-corrected chi connectivity index (χ0v) is 18.9. The van der Waals surface area contributed by atoms with Gasteiger partial charge in [0.05, 0.1) is 5.75 Å². The summed E-state index contributed by atoms with van der Waals surface area (Å²) in [4.78, 5) is 25.7. The number of nitrogens with zero attached hydrogens (tertiary/aromatic N) is 4. The van der Waals surface area contributed by atoms with Crippen molar-refractivity contribution in [1.82, 2.24) is 19.7 Å². The SMILES string of the molecule is CC(C)(C)c1ccc(-c2nnc(SCC(=O)N3CCCC3=O)n2C2CCCC2)cc1. The van der Waals surface area contributed by atoms with Crippen molar-refractivity contribution in [3.05, 3.63) is 29.8 Å². The van der Waals surface area contributed by atoms with E-state index in [1.54, 1.807) is 0 Å². The topological polar surface area (TPSA) is 68.1 Å². The Balaban J connectivity index is 1.58. The Morgan fingerprint density at radius 3 is 2.40 bits per heavy atom. The van der Waals surface area contributed by atoms with Crippen LogP contribution in [-0.2, 0) is 15.0 Å². The van der Waals surface area contributed by atoms with Crippen molar-refractivity contribution in [3.63, 3.8) is 0 Å². The predicted molar refractivity (Wildman–Crippen MR) is 118 cm³/mol. The second kappa shape index (κ2) is 8.53. The fourth-order valence-corrected chi connectivity index (χ4v) is 5.18. The molecule has 4 rings (SSSR count). The van der Waals surface area contributed by atoms with Crippen molar-refractivity contribution in [3.8, 4) is 11.4 Å². The Morgan fingerprint density at radius 2 is 1.80 bits per heavy atom. The van der Waals surface area contributed by atoms with Crippen molar-refractivity contribution in [2.75, 3.05) is 12.3 Å². The summed E-state index contributed by atoms with van der Waals surface area (Å²) < 4.78 is 2.23. The molecule has 6 nitrogen and oxygen atoms in total. The van der Waals surface area contributed by atoms with Crippen LogP contribution in [0.3, 0.4) is 0 Å². The molecular weight excluding hydrogens is 396 g/mol. The fraction of sp³-hybridized carbons (Fsp3) is 0.565. The zero-order chi connectivity index (χ0) is 21.3. The molecule has 1 aromatic carbocycles. The largest absolute Gasteiger partial charge is 0.299 e. The molecule has 1 aromatic heterocycles. The minimum absolute atomic E-state index is 0.0579. The van der Waals surface area contributed by atoms with Crippen molar-refractivity contribution in [1.29, 1.82) is 0 Å². The van der Waals surface area contributed by atoms with E-state index in [2.05, 4.69) is 59.8 Å². The molecule has 0 spiro atoms. The summed E-state index contributed by atoms with van der Waals surface area (Å²) in [6, 6.07) is 8.94. The Kier molecular flexibility index (Phi) is 6.00. The van der Waals surface area contributed by atoms with Crippen LogP contribution in [0.15, 0.2) is 29.4 Å². The minimum Gasteiger partial charge on any atom is -0.299 e. The molecule has 160 valence electrons. The van der Waals surface area contributed by atoms with Gasteiger partial charge >= 0.3 is 0 Å². The number of hydrogen-bond acceptors (Lipinski definition) is 5. The molecule has 2 aliphatic rings. The van der Waals surface area contributed by atoms with Crippen LogP contribution in [0.4, 0.5) is 0 Å². The van der Waals surface area contributed by atoms with Crippen LogP contribution < -0.4 is 0 Å². The molecule has 2 aromatic rings. The van der Waals surface area contributed by atoms with E-state index in [9.17, 15) is 9.59 Å². The maximum Gasteiger partial charge on any atom is 0.239 e. The van der Waals surface area contributed by atoms with Gasteiger partial charge in [0.25, 0.3) is 0 Å². The maximum absolute atomic E-state index is 12.5. The van der Waals surface area contributed by atoms with Crippen molar-refractivity contribution >= 4 is 23.6 Å². The summed E-state index contributed by atoms with van der Waals surface area (Å²) in [6.45, 7) is 7.17. The molecule has 1 saturated heterocycles. The summed E-state index contributed by atoms with van der Waals surface area (Å²) >= 11 is 1.40. The van der Waals surface area contributed by atoms with E-state index in [4.69, 9.17) is 0 Å². The minimum atomic E-state index is -0.125. The second-order valence-corrected chi connectivity index (χ2v) is 10.2. The van der Waals surface area contributed by atoms with Gasteiger partial charge in [-0.3, -0.25) is 19.1 Å². The number of aromatic nitrogens is 3. The Morgan fingerprint density at radius 1 is 1.10 bits per heavy atom. The monoisotopic (exact) mass is 426 g/mol. The first-order valence-electron chi connectivity index (χ1n) is 10.9. The van der Waals surface area contributed by atoms with E-state index in [1.807, 2.05) is 0 Å². The number of hydrogen-bond donors (Lipinski definition) is 0. The van der Waals surface area contributed by atoms with Crippen LogP contribution in [-0.4, -0.2) is 43.8 Å². The van der Waals surface area contributed by atoms with Crippen molar-refractivity contribution < 1.29 is 9.59 Å². The lowest BCUT2D eigenvalue weighted by atomic mass is 9.86. The summed E-state index contributed by atoms with van der Waals surface area (Å²) in [5.41, 5.74) is 2.44. The standard InChI is InChI=1S/C23H30N4O2S/c1-23(2,3)17-12-10-16(11-13-17)21-24-25-22(27(21)18-7-4-5-8-18)30-15-20(29)26-14-6-9-19(26)28/h10-13,18H,4-9,14-15H2,1-3H3. The molecule has 7 heteroatoms. The number of benzene rings is 1. The quantitative estimate of drug-likeness (QED) is 0.654. The molecular formula is C23H30N4O2S.